The highest BCUT2D eigenvalue weighted by molar-refractivity contribution is 5.62. The number of hydrogen-bond acceptors (Lipinski definition) is 0. The van der Waals surface area contributed by atoms with E-state index in [2.05, 4.69) is 6.07 Å². The van der Waals surface area contributed by atoms with E-state index >= 15 is 0 Å². The molecule has 18 heavy (non-hydrogen) atoms. The molecule has 0 bridgehead atoms. The number of aromatic nitrogens is 1. The first-order chi connectivity index (χ1) is 10.4. The van der Waals surface area contributed by atoms with Crippen LogP contribution >= 0.6 is 0 Å². The third kappa shape index (κ3) is 2.31. The summed E-state index contributed by atoms with van der Waals surface area (Å²) < 4.78 is 41.0. The molecule has 0 fully saturated rings. The summed E-state index contributed by atoms with van der Waals surface area (Å²) >= 11 is 0. The molecule has 0 N–H and O–H groups in total. The molecular weight excluding hydrogens is 218 g/mol. The molecule has 0 saturated heterocycles. The summed E-state index contributed by atoms with van der Waals surface area (Å²) in [6, 6.07) is 7.62. The maximum Gasteiger partial charge on any atom is 0.212 e. The van der Waals surface area contributed by atoms with Gasteiger partial charge in [0.05, 0.1) is 0 Å². The summed E-state index contributed by atoms with van der Waals surface area (Å²) in [6.45, 7) is 3.03. The Morgan fingerprint density at radius 1 is 1.22 bits per heavy atom. The normalized spacial score (nSPS) is 16.3. The molecular formula is C17H22N+. The first kappa shape index (κ1) is 7.73. The van der Waals surface area contributed by atoms with Gasteiger partial charge in [-0.15, -0.1) is 0 Å². The van der Waals surface area contributed by atoms with E-state index in [0.29, 0.717) is 0 Å². The zero-order valence-electron chi connectivity index (χ0n) is 16.3. The highest BCUT2D eigenvalue weighted by Gasteiger charge is 2.14. The topological polar surface area (TPSA) is 3.88 Å². The van der Waals surface area contributed by atoms with E-state index in [1.165, 1.54) is 6.92 Å². The largest absolute Gasteiger partial charge is 0.212 e. The van der Waals surface area contributed by atoms with Gasteiger partial charge in [0.2, 0.25) is 5.69 Å². The molecule has 94 valence electrons. The van der Waals surface area contributed by atoms with Gasteiger partial charge in [0.15, 0.2) is 6.20 Å². The fourth-order valence-corrected chi connectivity index (χ4v) is 2.22. The van der Waals surface area contributed by atoms with E-state index in [-0.39, 0.29) is 11.1 Å². The average Bonchev–Trinajstić information content (AvgIpc) is 2.36. The Hall–Kier alpha value is -1.63. The highest BCUT2D eigenvalue weighted by atomic mass is 14.9. The molecule has 2 aromatic rings. The van der Waals surface area contributed by atoms with Gasteiger partial charge in [-0.25, -0.2) is 4.57 Å². The molecule has 0 atom stereocenters. The van der Waals surface area contributed by atoms with Crippen LogP contribution in [0.3, 0.4) is 0 Å². The van der Waals surface area contributed by atoms with Crippen LogP contribution in [0, 0.1) is 20.7 Å². The molecule has 1 aromatic heterocycles. The van der Waals surface area contributed by atoms with Crippen molar-refractivity contribution in [2.24, 2.45) is 7.05 Å². The molecule has 1 heterocycles. The van der Waals surface area contributed by atoms with Gasteiger partial charge in [0.1, 0.15) is 7.05 Å². The van der Waals surface area contributed by atoms with Crippen molar-refractivity contribution in [2.45, 2.75) is 34.0 Å². The van der Waals surface area contributed by atoms with Crippen LogP contribution in [0.25, 0.3) is 11.3 Å². The molecule has 0 aliphatic carbocycles. The predicted octanol–water partition coefficient (Wildman–Crippen LogP) is 3.67. The average molecular weight is 245 g/mol. The molecule has 0 saturated carbocycles. The summed E-state index contributed by atoms with van der Waals surface area (Å²) in [4.78, 5) is 0. The summed E-state index contributed by atoms with van der Waals surface area (Å²) in [5.74, 6) is 0. The Labute approximate surface area is 117 Å². The van der Waals surface area contributed by atoms with E-state index in [4.69, 9.17) is 6.85 Å². The van der Waals surface area contributed by atoms with Gasteiger partial charge in [-0.05, 0) is 44.3 Å². The fourth-order valence-electron chi connectivity index (χ4n) is 2.22. The molecule has 1 aromatic carbocycles. The molecule has 2 rings (SSSR count). The molecule has 0 aliphatic rings. The lowest BCUT2D eigenvalue weighted by molar-refractivity contribution is -0.660. The number of aryl methyl sites for hydroxylation is 5. The second-order valence-electron chi connectivity index (χ2n) is 4.67. The molecule has 0 spiro atoms. The summed E-state index contributed by atoms with van der Waals surface area (Å²) in [6.07, 6.45) is -0.126. The van der Waals surface area contributed by atoms with Gasteiger partial charge in [-0.2, -0.15) is 0 Å². The quantitative estimate of drug-likeness (QED) is 0.711. The third-order valence-corrected chi connectivity index (χ3v) is 3.20. The summed E-state index contributed by atoms with van der Waals surface area (Å²) in [5, 5.41) is 0. The van der Waals surface area contributed by atoms with Crippen molar-refractivity contribution in [3.8, 4) is 11.3 Å². The van der Waals surface area contributed by atoms with Crippen LogP contribution in [0.5, 0.6) is 0 Å². The number of benzene rings is 1. The van der Waals surface area contributed by atoms with Crippen LogP contribution in [0.15, 0.2) is 30.5 Å². The van der Waals surface area contributed by atoms with Crippen molar-refractivity contribution < 1.29 is 11.4 Å². The Kier molecular flexibility index (Phi) is 2.12. The standard InChI is InChI=1S/C17H22N/c1-6-15-11-18(5)17(10-13(15)3)16-8-7-12(2)9-14(16)4/h7-11H,6H2,1-5H3/q+1/i3D3,6D2. The van der Waals surface area contributed by atoms with Gasteiger partial charge in [-0.1, -0.05) is 24.6 Å². The molecule has 0 radical (unpaired) electrons. The predicted molar refractivity (Wildman–Crippen MR) is 76.6 cm³/mol. The minimum Gasteiger partial charge on any atom is -0.201 e. The van der Waals surface area contributed by atoms with Crippen molar-refractivity contribution in [3.05, 3.63) is 52.7 Å². The van der Waals surface area contributed by atoms with Crippen molar-refractivity contribution >= 4 is 0 Å². The van der Waals surface area contributed by atoms with E-state index in [1.807, 2.05) is 33.0 Å². The number of rotatable bonds is 2. The lowest BCUT2D eigenvalue weighted by Crippen LogP contribution is -2.32. The van der Waals surface area contributed by atoms with E-state index in [1.54, 1.807) is 16.8 Å². The zero-order valence-corrected chi connectivity index (χ0v) is 11.3. The lowest BCUT2D eigenvalue weighted by Gasteiger charge is -2.08. The number of pyridine rings is 1. The number of nitrogens with zero attached hydrogens (tertiary/aromatic N) is 1. The van der Waals surface area contributed by atoms with E-state index < -0.39 is 13.2 Å². The maximum atomic E-state index is 7.94. The fraction of sp³-hybridized carbons (Fsp3) is 0.353. The van der Waals surface area contributed by atoms with Gasteiger partial charge in [-0.3, -0.25) is 0 Å². The van der Waals surface area contributed by atoms with Crippen LogP contribution < -0.4 is 4.57 Å². The van der Waals surface area contributed by atoms with E-state index in [9.17, 15) is 0 Å². The third-order valence-electron chi connectivity index (χ3n) is 3.20. The summed E-state index contributed by atoms with van der Waals surface area (Å²) in [7, 11) is 1.81. The minimum atomic E-state index is -2.36. The summed E-state index contributed by atoms with van der Waals surface area (Å²) in [5.41, 5.74) is 4.19. The van der Waals surface area contributed by atoms with Gasteiger partial charge in [0.25, 0.3) is 0 Å². The number of hydrogen-bond donors (Lipinski definition) is 0. The van der Waals surface area contributed by atoms with Crippen LogP contribution in [-0.4, -0.2) is 0 Å². The van der Waals surface area contributed by atoms with E-state index in [0.717, 1.165) is 22.4 Å². The Morgan fingerprint density at radius 3 is 2.61 bits per heavy atom. The Morgan fingerprint density at radius 2 is 2.00 bits per heavy atom. The smallest absolute Gasteiger partial charge is 0.201 e. The first-order valence-electron chi connectivity index (χ1n) is 8.53. The van der Waals surface area contributed by atoms with Crippen LogP contribution in [-0.2, 0) is 13.4 Å². The second-order valence-corrected chi connectivity index (χ2v) is 4.67. The van der Waals surface area contributed by atoms with Crippen molar-refractivity contribution in [1.29, 1.82) is 0 Å². The van der Waals surface area contributed by atoms with Crippen molar-refractivity contribution in [3.63, 3.8) is 0 Å². The van der Waals surface area contributed by atoms with Crippen LogP contribution in [0.2, 0.25) is 0 Å². The second kappa shape index (κ2) is 4.93. The van der Waals surface area contributed by atoms with Crippen molar-refractivity contribution in [1.82, 2.24) is 0 Å². The Balaban J connectivity index is 2.77. The first-order valence-corrected chi connectivity index (χ1v) is 6.03. The molecule has 0 aliphatic heterocycles. The molecule has 1 heteroatoms. The molecule has 1 nitrogen and oxygen atoms in total. The van der Waals surface area contributed by atoms with Gasteiger partial charge >= 0.3 is 0 Å². The zero-order chi connectivity index (χ0) is 17.6. The highest BCUT2D eigenvalue weighted by Crippen LogP contribution is 2.23. The van der Waals surface area contributed by atoms with Gasteiger partial charge < -0.3 is 0 Å². The van der Waals surface area contributed by atoms with Crippen LogP contribution in [0.4, 0.5) is 0 Å². The Bertz CT molecular complexity index is 742. The molecule has 0 amide bonds. The lowest BCUT2D eigenvalue weighted by atomic mass is 9.99. The monoisotopic (exact) mass is 245 g/mol. The molecule has 0 unspecified atom stereocenters. The SMILES string of the molecule is [2H]C([2H])([2H])c1cc(-c2ccc(C)cc2C)[n+](C)cc1C([2H])([2H])C. The minimum absolute atomic E-state index is 0.0677. The van der Waals surface area contributed by atoms with Crippen LogP contribution in [0.1, 0.15) is 36.0 Å². The maximum absolute atomic E-state index is 7.94. The van der Waals surface area contributed by atoms with Gasteiger partial charge in [0, 0.05) is 24.0 Å². The van der Waals surface area contributed by atoms with Crippen molar-refractivity contribution in [2.75, 3.05) is 0 Å².